The molecule has 3 heterocycles. The van der Waals surface area contributed by atoms with E-state index in [1.54, 1.807) is 7.05 Å². The molecule has 9 nitrogen and oxygen atoms in total. The molecule has 0 fully saturated rings. The minimum atomic E-state index is -0.309. The van der Waals surface area contributed by atoms with Crippen LogP contribution in [0.5, 0.6) is 0 Å². The number of carbonyl (C=O) groups excluding carboxylic acids is 2. The van der Waals surface area contributed by atoms with Crippen LogP contribution >= 0.6 is 11.3 Å². The van der Waals surface area contributed by atoms with E-state index in [0.717, 1.165) is 16.9 Å². The highest BCUT2D eigenvalue weighted by Gasteiger charge is 2.18. The number of nitrogens with one attached hydrogen (secondary N) is 1. The van der Waals surface area contributed by atoms with Gasteiger partial charge in [-0.15, -0.1) is 0 Å². The van der Waals surface area contributed by atoms with Crippen molar-refractivity contribution < 1.29 is 9.59 Å². The summed E-state index contributed by atoms with van der Waals surface area (Å²) in [4.78, 5) is 46.0. The number of Topliss-reactive ketones (excluding diaryl/α,β-unsaturated/α-hetero) is 1. The summed E-state index contributed by atoms with van der Waals surface area (Å²) < 4.78 is 2.90. The van der Waals surface area contributed by atoms with Crippen LogP contribution < -0.4 is 10.9 Å². The van der Waals surface area contributed by atoms with Gasteiger partial charge in [-0.3, -0.25) is 23.6 Å². The number of aryl methyl sites for hydroxylation is 2. The molecule has 1 amide bonds. The largest absolute Gasteiger partial charge is 0.302 e. The molecule has 152 valence electrons. The Balaban J connectivity index is 1.49. The lowest BCUT2D eigenvalue weighted by molar-refractivity contribution is -0.116. The highest BCUT2D eigenvalue weighted by Crippen LogP contribution is 2.31. The van der Waals surface area contributed by atoms with Crippen LogP contribution in [0, 0.1) is 0 Å². The number of anilines is 1. The van der Waals surface area contributed by atoms with Crippen LogP contribution in [0.4, 0.5) is 5.13 Å². The first-order chi connectivity index (χ1) is 14.4. The van der Waals surface area contributed by atoms with Crippen molar-refractivity contribution in [3.05, 3.63) is 58.1 Å². The van der Waals surface area contributed by atoms with E-state index >= 15 is 0 Å². The molecule has 1 N–H and O–H groups in total. The van der Waals surface area contributed by atoms with E-state index in [1.807, 2.05) is 30.3 Å². The molecular weight excluding hydrogens is 404 g/mol. The predicted octanol–water partition coefficient (Wildman–Crippen LogP) is 2.48. The molecule has 0 bridgehead atoms. The van der Waals surface area contributed by atoms with Gasteiger partial charge in [0.1, 0.15) is 5.39 Å². The van der Waals surface area contributed by atoms with Crippen LogP contribution in [-0.4, -0.2) is 36.0 Å². The van der Waals surface area contributed by atoms with Crippen molar-refractivity contribution in [2.24, 2.45) is 7.05 Å². The average Bonchev–Trinajstić information content (AvgIpc) is 3.33. The van der Waals surface area contributed by atoms with Crippen molar-refractivity contribution in [2.45, 2.75) is 19.9 Å². The summed E-state index contributed by atoms with van der Waals surface area (Å²) in [5, 5.41) is 7.49. The second kappa shape index (κ2) is 7.99. The number of hydrogen-bond donors (Lipinski definition) is 1. The van der Waals surface area contributed by atoms with E-state index in [2.05, 4.69) is 20.4 Å². The van der Waals surface area contributed by atoms with Gasteiger partial charge in [0, 0.05) is 32.5 Å². The molecule has 0 unspecified atom stereocenters. The Kier molecular flexibility index (Phi) is 5.23. The molecule has 0 aliphatic carbocycles. The summed E-state index contributed by atoms with van der Waals surface area (Å²) in [6, 6.07) is 9.33. The van der Waals surface area contributed by atoms with Crippen molar-refractivity contribution in [1.29, 1.82) is 0 Å². The number of aromatic nitrogens is 5. The molecule has 1 aromatic carbocycles. The number of benzene rings is 1. The van der Waals surface area contributed by atoms with Gasteiger partial charge in [0.15, 0.2) is 16.6 Å². The highest BCUT2D eigenvalue weighted by molar-refractivity contribution is 7.18. The fourth-order valence-electron chi connectivity index (χ4n) is 3.03. The lowest BCUT2D eigenvalue weighted by Gasteiger charge is -2.05. The number of rotatable bonds is 6. The van der Waals surface area contributed by atoms with Crippen molar-refractivity contribution in [2.75, 3.05) is 5.32 Å². The Labute approximate surface area is 175 Å². The number of amides is 1. The van der Waals surface area contributed by atoms with Crippen LogP contribution in [0.1, 0.15) is 23.0 Å². The fraction of sp³-hybridized carbons (Fsp3) is 0.200. The van der Waals surface area contributed by atoms with E-state index in [1.165, 1.54) is 28.7 Å². The molecular formula is C20H18N6O3S. The first-order valence-corrected chi connectivity index (χ1v) is 10.00. The van der Waals surface area contributed by atoms with Crippen molar-refractivity contribution in [3.63, 3.8) is 0 Å². The summed E-state index contributed by atoms with van der Waals surface area (Å²) in [7, 11) is 1.71. The van der Waals surface area contributed by atoms with Gasteiger partial charge in [-0.2, -0.15) is 5.10 Å². The number of thiazole rings is 1. The lowest BCUT2D eigenvalue weighted by Crippen LogP contribution is -2.23. The maximum absolute atomic E-state index is 12.5. The smallest absolute Gasteiger partial charge is 0.264 e. The third-order valence-electron chi connectivity index (χ3n) is 4.54. The molecule has 3 aromatic heterocycles. The van der Waals surface area contributed by atoms with Gasteiger partial charge in [0.25, 0.3) is 5.56 Å². The topological polar surface area (TPSA) is 112 Å². The van der Waals surface area contributed by atoms with Crippen molar-refractivity contribution in [1.82, 2.24) is 24.3 Å². The van der Waals surface area contributed by atoms with Crippen molar-refractivity contribution >= 4 is 39.2 Å². The van der Waals surface area contributed by atoms with E-state index in [4.69, 9.17) is 0 Å². The molecule has 0 saturated carbocycles. The maximum atomic E-state index is 12.5. The van der Waals surface area contributed by atoms with Gasteiger partial charge in [-0.1, -0.05) is 41.7 Å². The van der Waals surface area contributed by atoms with Crippen LogP contribution in [0.25, 0.3) is 22.3 Å². The Morgan fingerprint density at radius 2 is 1.97 bits per heavy atom. The number of hydrogen-bond acceptors (Lipinski definition) is 7. The van der Waals surface area contributed by atoms with E-state index in [9.17, 15) is 14.4 Å². The Morgan fingerprint density at radius 3 is 2.70 bits per heavy atom. The summed E-state index contributed by atoms with van der Waals surface area (Å²) in [6.07, 6.45) is 2.93. The van der Waals surface area contributed by atoms with Gasteiger partial charge >= 0.3 is 0 Å². The predicted molar refractivity (Wildman–Crippen MR) is 114 cm³/mol. The molecule has 0 radical (unpaired) electrons. The molecule has 0 saturated heterocycles. The zero-order valence-corrected chi connectivity index (χ0v) is 17.1. The molecule has 0 aliphatic heterocycles. The molecule has 0 aliphatic rings. The SMILES string of the molecule is CC(=O)c1sc(NC(=O)CCn2cnc3c(cnn3C)c2=O)nc1-c1ccccc1. The first-order valence-electron chi connectivity index (χ1n) is 9.18. The van der Waals surface area contributed by atoms with Crippen LogP contribution in [0.15, 0.2) is 47.7 Å². The quantitative estimate of drug-likeness (QED) is 0.478. The Bertz CT molecular complexity index is 1310. The fourth-order valence-corrected chi connectivity index (χ4v) is 3.93. The van der Waals surface area contributed by atoms with Gasteiger partial charge in [-0.25, -0.2) is 9.97 Å². The van der Waals surface area contributed by atoms with Gasteiger partial charge in [-0.05, 0) is 0 Å². The summed E-state index contributed by atoms with van der Waals surface area (Å²) in [6.45, 7) is 1.64. The second-order valence-electron chi connectivity index (χ2n) is 6.67. The molecule has 4 rings (SSSR count). The number of fused-ring (bicyclic) bond motifs is 1. The molecule has 0 spiro atoms. The van der Waals surface area contributed by atoms with Gasteiger partial charge in [0.2, 0.25) is 5.91 Å². The third-order valence-corrected chi connectivity index (χ3v) is 5.61. The average molecular weight is 422 g/mol. The van der Waals surface area contributed by atoms with Crippen LogP contribution in [-0.2, 0) is 18.4 Å². The molecule has 10 heteroatoms. The van der Waals surface area contributed by atoms with Crippen molar-refractivity contribution in [3.8, 4) is 11.3 Å². The maximum Gasteiger partial charge on any atom is 0.264 e. The van der Waals surface area contributed by atoms with Crippen LogP contribution in [0.3, 0.4) is 0 Å². The van der Waals surface area contributed by atoms with Gasteiger partial charge in [0.05, 0.1) is 23.1 Å². The molecule has 0 atom stereocenters. The summed E-state index contributed by atoms with van der Waals surface area (Å²) in [5.74, 6) is -0.425. The van der Waals surface area contributed by atoms with E-state index < -0.39 is 0 Å². The summed E-state index contributed by atoms with van der Waals surface area (Å²) in [5.41, 5.74) is 1.60. The standard InChI is InChI=1S/C20H18N6O3S/c1-12(27)17-16(13-6-4-3-5-7-13)24-20(30-17)23-15(28)8-9-26-11-21-18-14(19(26)29)10-22-25(18)2/h3-7,10-11H,8-9H2,1-2H3,(H,23,24,28). The van der Waals surface area contributed by atoms with E-state index in [-0.39, 0.29) is 30.2 Å². The minimum Gasteiger partial charge on any atom is -0.302 e. The number of carbonyl (C=O) groups is 2. The first kappa shape index (κ1) is 19.6. The second-order valence-corrected chi connectivity index (χ2v) is 7.66. The monoisotopic (exact) mass is 422 g/mol. The van der Waals surface area contributed by atoms with Gasteiger partial charge < -0.3 is 5.32 Å². The highest BCUT2D eigenvalue weighted by atomic mass is 32.1. The summed E-state index contributed by atoms with van der Waals surface area (Å²) >= 11 is 1.14. The zero-order valence-electron chi connectivity index (χ0n) is 16.3. The molecule has 4 aromatic rings. The minimum absolute atomic E-state index is 0.0585. The third kappa shape index (κ3) is 3.77. The van der Waals surface area contributed by atoms with Crippen LogP contribution in [0.2, 0.25) is 0 Å². The zero-order chi connectivity index (χ0) is 21.3. The molecule has 30 heavy (non-hydrogen) atoms. The van der Waals surface area contributed by atoms with E-state index in [0.29, 0.717) is 26.7 Å². The lowest BCUT2D eigenvalue weighted by atomic mass is 10.1. The Hall–Kier alpha value is -3.66. The normalized spacial score (nSPS) is 11.0. The number of nitrogens with zero attached hydrogens (tertiary/aromatic N) is 5. The Morgan fingerprint density at radius 1 is 1.20 bits per heavy atom. The number of ketones is 1.